The fraction of sp³-hybridized carbons (Fsp3) is 0.706. The average Bonchev–Trinajstić information content (AvgIpc) is 2.34. The molecule has 0 aliphatic rings. The summed E-state index contributed by atoms with van der Waals surface area (Å²) in [5.41, 5.74) is 0.152. The molecule has 0 aromatic carbocycles. The normalized spacial score (nSPS) is 12.1. The lowest BCUT2D eigenvalue weighted by molar-refractivity contribution is 0.00663. The molecule has 0 radical (unpaired) electrons. The molecule has 1 aromatic rings. The van der Waals surface area contributed by atoms with E-state index in [-0.39, 0.29) is 11.6 Å². The maximum atomic E-state index is 12.4. The Bertz CT molecular complexity index is 518. The lowest BCUT2D eigenvalue weighted by Gasteiger charge is -2.36. The van der Waals surface area contributed by atoms with Crippen molar-refractivity contribution in [3.05, 3.63) is 23.8 Å². The summed E-state index contributed by atoms with van der Waals surface area (Å²) in [6, 6.07) is 1.88. The maximum Gasteiger partial charge on any atom is 0.410 e. The third-order valence-corrected chi connectivity index (χ3v) is 3.08. The van der Waals surface area contributed by atoms with Gasteiger partial charge in [-0.3, -0.25) is 0 Å². The lowest BCUT2D eigenvalue weighted by atomic mass is 10.1. The van der Waals surface area contributed by atoms with Crippen molar-refractivity contribution in [3.8, 4) is 0 Å². The second-order valence-electron chi connectivity index (χ2n) is 7.57. The van der Waals surface area contributed by atoms with Gasteiger partial charge < -0.3 is 15.0 Å². The number of nitrogens with zero attached hydrogens (tertiary/aromatic N) is 3. The van der Waals surface area contributed by atoms with Crippen LogP contribution in [-0.4, -0.2) is 45.2 Å². The predicted molar refractivity (Wildman–Crippen MR) is 91.2 cm³/mol. The number of ether oxygens (including phenoxy) is 1. The summed E-state index contributed by atoms with van der Waals surface area (Å²) in [7, 11) is 0. The molecule has 0 atom stereocenters. The van der Waals surface area contributed by atoms with Gasteiger partial charge in [-0.15, -0.1) is 0 Å². The molecule has 1 heterocycles. The molecule has 6 heteroatoms. The molecule has 0 aliphatic heterocycles. The number of hydrogen-bond acceptors (Lipinski definition) is 5. The molecule has 0 saturated heterocycles. The van der Waals surface area contributed by atoms with Crippen LogP contribution in [-0.2, 0) is 11.3 Å². The van der Waals surface area contributed by atoms with Crippen LogP contribution in [0.25, 0.3) is 0 Å². The third kappa shape index (κ3) is 7.41. The van der Waals surface area contributed by atoms with Gasteiger partial charge in [0, 0.05) is 31.4 Å². The minimum Gasteiger partial charge on any atom is -0.444 e. The summed E-state index contributed by atoms with van der Waals surface area (Å²) in [5.74, 6) is 0.759. The van der Waals surface area contributed by atoms with E-state index in [2.05, 4.69) is 15.3 Å². The van der Waals surface area contributed by atoms with Gasteiger partial charge in [-0.1, -0.05) is 0 Å². The minimum atomic E-state index is -0.494. The van der Waals surface area contributed by atoms with E-state index in [4.69, 9.17) is 4.74 Å². The molecule has 130 valence electrons. The Labute approximate surface area is 139 Å². The number of carbonyl (C=O) groups excluding carboxylic acids is 1. The monoisotopic (exact) mass is 322 g/mol. The second-order valence-corrected chi connectivity index (χ2v) is 7.57. The number of carbonyl (C=O) groups is 1. The van der Waals surface area contributed by atoms with Gasteiger partial charge in [0.15, 0.2) is 0 Å². The molecule has 0 unspecified atom stereocenters. The van der Waals surface area contributed by atoms with Crippen molar-refractivity contribution in [3.63, 3.8) is 0 Å². The average molecular weight is 322 g/mol. The van der Waals surface area contributed by atoms with Crippen LogP contribution in [0, 0.1) is 6.92 Å². The topological polar surface area (TPSA) is 67.4 Å². The number of amides is 1. The van der Waals surface area contributed by atoms with E-state index in [1.807, 2.05) is 54.5 Å². The molecule has 1 amide bonds. The van der Waals surface area contributed by atoms with Crippen LogP contribution in [0.2, 0.25) is 0 Å². The molecular formula is C17H30N4O2. The zero-order valence-corrected chi connectivity index (χ0v) is 15.4. The Hall–Kier alpha value is -1.69. The standard InChI is InChI=1S/C17H30N4O2/c1-13-19-9-8-14(20-13)12-18-10-11-21(16(2,3)4)15(22)23-17(5,6)7/h8-9,18H,10-12H2,1-7H3. The maximum absolute atomic E-state index is 12.4. The first-order chi connectivity index (χ1) is 10.5. The molecule has 1 N–H and O–H groups in total. The van der Waals surface area contributed by atoms with E-state index in [1.165, 1.54) is 0 Å². The van der Waals surface area contributed by atoms with Gasteiger partial charge in [0.25, 0.3) is 0 Å². The quantitative estimate of drug-likeness (QED) is 0.844. The number of aromatic nitrogens is 2. The SMILES string of the molecule is Cc1nccc(CNCCN(C(=O)OC(C)(C)C)C(C)(C)C)n1. The Balaban J connectivity index is 2.54. The minimum absolute atomic E-state index is 0.287. The van der Waals surface area contributed by atoms with Crippen LogP contribution in [0.1, 0.15) is 53.1 Å². The number of aryl methyl sites for hydroxylation is 1. The molecule has 0 saturated carbocycles. The van der Waals surface area contributed by atoms with Gasteiger partial charge in [0.05, 0.1) is 5.69 Å². The summed E-state index contributed by atoms with van der Waals surface area (Å²) < 4.78 is 5.50. The first-order valence-electron chi connectivity index (χ1n) is 7.99. The van der Waals surface area contributed by atoms with Crippen molar-refractivity contribution in [2.24, 2.45) is 0 Å². The van der Waals surface area contributed by atoms with E-state index in [9.17, 15) is 4.79 Å². The lowest BCUT2D eigenvalue weighted by Crippen LogP contribution is -2.50. The number of hydrogen-bond donors (Lipinski definition) is 1. The first kappa shape index (κ1) is 19.4. The summed E-state index contributed by atoms with van der Waals surface area (Å²) >= 11 is 0. The van der Waals surface area contributed by atoms with Crippen molar-refractivity contribution in [1.82, 2.24) is 20.2 Å². The second kappa shape index (κ2) is 7.73. The van der Waals surface area contributed by atoms with E-state index in [1.54, 1.807) is 11.1 Å². The van der Waals surface area contributed by atoms with Crippen LogP contribution < -0.4 is 5.32 Å². The van der Waals surface area contributed by atoms with Crippen molar-refractivity contribution in [1.29, 1.82) is 0 Å². The van der Waals surface area contributed by atoms with Crippen LogP contribution in [0.15, 0.2) is 12.3 Å². The van der Waals surface area contributed by atoms with Crippen molar-refractivity contribution < 1.29 is 9.53 Å². The van der Waals surface area contributed by atoms with Gasteiger partial charge in [0.2, 0.25) is 0 Å². The molecule has 6 nitrogen and oxygen atoms in total. The smallest absolute Gasteiger partial charge is 0.410 e. The van der Waals surface area contributed by atoms with Gasteiger partial charge in [-0.05, 0) is 54.5 Å². The molecule has 1 rings (SSSR count). The van der Waals surface area contributed by atoms with Crippen LogP contribution in [0.5, 0.6) is 0 Å². The molecule has 23 heavy (non-hydrogen) atoms. The Kier molecular flexibility index (Phi) is 6.50. The zero-order valence-electron chi connectivity index (χ0n) is 15.4. The third-order valence-electron chi connectivity index (χ3n) is 3.08. The summed E-state index contributed by atoms with van der Waals surface area (Å²) in [5, 5.41) is 3.31. The summed E-state index contributed by atoms with van der Waals surface area (Å²) in [6.07, 6.45) is 1.46. The predicted octanol–water partition coefficient (Wildman–Crippen LogP) is 2.91. The van der Waals surface area contributed by atoms with Crippen LogP contribution in [0.4, 0.5) is 4.79 Å². The van der Waals surface area contributed by atoms with Crippen LogP contribution in [0.3, 0.4) is 0 Å². The molecule has 0 bridgehead atoms. The van der Waals surface area contributed by atoms with Crippen molar-refractivity contribution >= 4 is 6.09 Å². The van der Waals surface area contributed by atoms with Gasteiger partial charge >= 0.3 is 6.09 Å². The highest BCUT2D eigenvalue weighted by Gasteiger charge is 2.30. The van der Waals surface area contributed by atoms with Gasteiger partial charge in [-0.25, -0.2) is 14.8 Å². The fourth-order valence-corrected chi connectivity index (χ4v) is 2.03. The van der Waals surface area contributed by atoms with E-state index in [0.29, 0.717) is 19.6 Å². The largest absolute Gasteiger partial charge is 0.444 e. The Morgan fingerprint density at radius 1 is 1.26 bits per heavy atom. The highest BCUT2D eigenvalue weighted by Crippen LogP contribution is 2.17. The zero-order chi connectivity index (χ0) is 17.7. The van der Waals surface area contributed by atoms with E-state index < -0.39 is 5.60 Å². The first-order valence-corrected chi connectivity index (χ1v) is 7.99. The Morgan fingerprint density at radius 3 is 2.43 bits per heavy atom. The van der Waals surface area contributed by atoms with Crippen LogP contribution >= 0.6 is 0 Å². The highest BCUT2D eigenvalue weighted by molar-refractivity contribution is 5.69. The molecular weight excluding hydrogens is 292 g/mol. The van der Waals surface area contributed by atoms with E-state index >= 15 is 0 Å². The highest BCUT2D eigenvalue weighted by atomic mass is 16.6. The number of rotatable bonds is 5. The molecule has 0 spiro atoms. The molecule has 0 aliphatic carbocycles. The molecule has 1 aromatic heterocycles. The fourth-order valence-electron chi connectivity index (χ4n) is 2.03. The van der Waals surface area contributed by atoms with Crippen molar-refractivity contribution in [2.45, 2.75) is 66.2 Å². The van der Waals surface area contributed by atoms with E-state index in [0.717, 1.165) is 11.5 Å². The summed E-state index contributed by atoms with van der Waals surface area (Å²) in [6.45, 7) is 15.4. The van der Waals surface area contributed by atoms with Gasteiger partial charge in [0.1, 0.15) is 11.4 Å². The molecule has 0 fully saturated rings. The van der Waals surface area contributed by atoms with Gasteiger partial charge in [-0.2, -0.15) is 0 Å². The van der Waals surface area contributed by atoms with Crippen molar-refractivity contribution in [2.75, 3.05) is 13.1 Å². The number of nitrogens with one attached hydrogen (secondary N) is 1. The summed E-state index contributed by atoms with van der Waals surface area (Å²) in [4.78, 5) is 22.5. The Morgan fingerprint density at radius 2 is 1.91 bits per heavy atom.